The summed E-state index contributed by atoms with van der Waals surface area (Å²) in [6.07, 6.45) is 0.880. The van der Waals surface area contributed by atoms with Crippen LogP contribution in [0, 0.1) is 0 Å². The fraction of sp³-hybridized carbons (Fsp3) is 0.263. The summed E-state index contributed by atoms with van der Waals surface area (Å²) in [6, 6.07) is 9.35. The SMILES string of the molecule is COC(=O)c1cc(-c2nc3cc(Br)cc4c3n2CCCO4)ccc1OC. The van der Waals surface area contributed by atoms with Gasteiger partial charge in [-0.05, 0) is 36.8 Å². The van der Waals surface area contributed by atoms with Gasteiger partial charge in [0.2, 0.25) is 0 Å². The second-order valence-electron chi connectivity index (χ2n) is 5.97. The molecule has 7 heteroatoms. The Morgan fingerprint density at radius 3 is 2.88 bits per heavy atom. The summed E-state index contributed by atoms with van der Waals surface area (Å²) in [6.45, 7) is 1.45. The summed E-state index contributed by atoms with van der Waals surface area (Å²) in [7, 11) is 2.88. The number of nitrogens with zero attached hydrogens (tertiary/aromatic N) is 2. The molecule has 0 bridgehead atoms. The van der Waals surface area contributed by atoms with Gasteiger partial charge in [-0.25, -0.2) is 9.78 Å². The standard InChI is InChI=1S/C19H17BrN2O4/c1-24-15-5-4-11(8-13(15)19(23)25-2)18-21-14-9-12(20)10-16-17(14)22(18)6-3-7-26-16/h4-5,8-10H,3,6-7H2,1-2H3. The molecule has 2 aromatic carbocycles. The number of hydrogen-bond donors (Lipinski definition) is 0. The highest BCUT2D eigenvalue weighted by molar-refractivity contribution is 9.10. The van der Waals surface area contributed by atoms with Crippen molar-refractivity contribution in [2.45, 2.75) is 13.0 Å². The molecule has 134 valence electrons. The van der Waals surface area contributed by atoms with Crippen molar-refractivity contribution in [3.8, 4) is 22.9 Å². The van der Waals surface area contributed by atoms with Crippen LogP contribution in [0.5, 0.6) is 11.5 Å². The van der Waals surface area contributed by atoms with Crippen molar-refractivity contribution in [3.05, 3.63) is 40.4 Å². The van der Waals surface area contributed by atoms with Crippen LogP contribution in [0.2, 0.25) is 0 Å². The fourth-order valence-electron chi connectivity index (χ4n) is 3.27. The third-order valence-corrected chi connectivity index (χ3v) is 4.88. The minimum absolute atomic E-state index is 0.374. The lowest BCUT2D eigenvalue weighted by molar-refractivity contribution is 0.0597. The van der Waals surface area contributed by atoms with Crippen LogP contribution in [0.25, 0.3) is 22.4 Å². The normalized spacial score (nSPS) is 13.2. The van der Waals surface area contributed by atoms with Crippen molar-refractivity contribution < 1.29 is 19.0 Å². The first-order valence-electron chi connectivity index (χ1n) is 8.21. The van der Waals surface area contributed by atoms with Crippen molar-refractivity contribution in [2.75, 3.05) is 20.8 Å². The van der Waals surface area contributed by atoms with Crippen molar-refractivity contribution >= 4 is 32.9 Å². The van der Waals surface area contributed by atoms with Crippen LogP contribution in [0.1, 0.15) is 16.8 Å². The molecular formula is C19H17BrN2O4. The lowest BCUT2D eigenvalue weighted by Gasteiger charge is -2.11. The summed E-state index contributed by atoms with van der Waals surface area (Å²) in [5.41, 5.74) is 3.02. The van der Waals surface area contributed by atoms with Gasteiger partial charge >= 0.3 is 5.97 Å². The van der Waals surface area contributed by atoms with Gasteiger partial charge in [0.15, 0.2) is 0 Å². The summed E-state index contributed by atoms with van der Waals surface area (Å²) in [5.74, 6) is 1.63. The van der Waals surface area contributed by atoms with Crippen LogP contribution in [-0.4, -0.2) is 36.3 Å². The van der Waals surface area contributed by atoms with Crippen LogP contribution in [0.15, 0.2) is 34.8 Å². The molecule has 0 atom stereocenters. The maximum Gasteiger partial charge on any atom is 0.341 e. The Hall–Kier alpha value is -2.54. The minimum Gasteiger partial charge on any atom is -0.496 e. The van der Waals surface area contributed by atoms with Gasteiger partial charge in [0.1, 0.15) is 28.4 Å². The van der Waals surface area contributed by atoms with E-state index >= 15 is 0 Å². The van der Waals surface area contributed by atoms with E-state index in [0.29, 0.717) is 17.9 Å². The number of imidazole rings is 1. The molecule has 0 unspecified atom stereocenters. The summed E-state index contributed by atoms with van der Waals surface area (Å²) in [5, 5.41) is 0. The number of esters is 1. The molecule has 0 fully saturated rings. The topological polar surface area (TPSA) is 62.6 Å². The molecule has 4 rings (SSSR count). The predicted octanol–water partition coefficient (Wildman–Crippen LogP) is 4.04. The number of benzene rings is 2. The van der Waals surface area contributed by atoms with E-state index in [0.717, 1.165) is 45.6 Å². The maximum atomic E-state index is 12.1. The number of halogens is 1. The molecule has 0 spiro atoms. The van der Waals surface area contributed by atoms with Crippen molar-refractivity contribution in [2.24, 2.45) is 0 Å². The van der Waals surface area contributed by atoms with E-state index in [1.54, 1.807) is 12.1 Å². The van der Waals surface area contributed by atoms with E-state index in [2.05, 4.69) is 20.5 Å². The Labute approximate surface area is 158 Å². The average Bonchev–Trinajstić information content (AvgIpc) is 2.88. The molecule has 0 radical (unpaired) electrons. The van der Waals surface area contributed by atoms with E-state index in [9.17, 15) is 4.79 Å². The highest BCUT2D eigenvalue weighted by Gasteiger charge is 2.21. The van der Waals surface area contributed by atoms with E-state index in [1.807, 2.05) is 18.2 Å². The van der Waals surface area contributed by atoms with Crippen LogP contribution in [-0.2, 0) is 11.3 Å². The minimum atomic E-state index is -0.442. The zero-order chi connectivity index (χ0) is 18.3. The molecule has 0 amide bonds. The molecule has 1 aliphatic heterocycles. The first-order valence-corrected chi connectivity index (χ1v) is 9.01. The summed E-state index contributed by atoms with van der Waals surface area (Å²) >= 11 is 3.52. The van der Waals surface area contributed by atoms with Crippen molar-refractivity contribution in [3.63, 3.8) is 0 Å². The molecule has 1 aliphatic rings. The summed E-state index contributed by atoms with van der Waals surface area (Å²) in [4.78, 5) is 16.9. The maximum absolute atomic E-state index is 12.1. The number of methoxy groups -OCH3 is 2. The van der Waals surface area contributed by atoms with Crippen LogP contribution < -0.4 is 9.47 Å². The number of ether oxygens (including phenoxy) is 3. The largest absolute Gasteiger partial charge is 0.496 e. The number of aromatic nitrogens is 2. The molecule has 1 aromatic heterocycles. The molecule has 6 nitrogen and oxygen atoms in total. The molecule has 0 aliphatic carbocycles. The van der Waals surface area contributed by atoms with E-state index in [-0.39, 0.29) is 0 Å². The van der Waals surface area contributed by atoms with Crippen molar-refractivity contribution in [1.82, 2.24) is 9.55 Å². The number of hydrogen-bond acceptors (Lipinski definition) is 5. The van der Waals surface area contributed by atoms with Gasteiger partial charge < -0.3 is 18.8 Å². The Morgan fingerprint density at radius 2 is 2.12 bits per heavy atom. The Bertz CT molecular complexity index is 1010. The van der Waals surface area contributed by atoms with Gasteiger partial charge in [0.25, 0.3) is 0 Å². The Balaban J connectivity index is 1.95. The zero-order valence-electron chi connectivity index (χ0n) is 14.4. The first kappa shape index (κ1) is 16.9. The zero-order valence-corrected chi connectivity index (χ0v) is 16.0. The van der Waals surface area contributed by atoms with E-state index < -0.39 is 5.97 Å². The molecule has 26 heavy (non-hydrogen) atoms. The quantitative estimate of drug-likeness (QED) is 0.602. The molecular weight excluding hydrogens is 400 g/mol. The lowest BCUT2D eigenvalue weighted by Crippen LogP contribution is -2.06. The molecule has 0 saturated heterocycles. The van der Waals surface area contributed by atoms with Gasteiger partial charge in [-0.1, -0.05) is 15.9 Å². The number of aryl methyl sites for hydroxylation is 1. The fourth-order valence-corrected chi connectivity index (χ4v) is 3.69. The Kier molecular flexibility index (Phi) is 4.32. The highest BCUT2D eigenvalue weighted by atomic mass is 79.9. The molecule has 0 N–H and O–H groups in total. The van der Waals surface area contributed by atoms with Crippen LogP contribution >= 0.6 is 15.9 Å². The second-order valence-corrected chi connectivity index (χ2v) is 6.88. The first-order chi connectivity index (χ1) is 12.6. The van der Waals surface area contributed by atoms with Crippen molar-refractivity contribution in [1.29, 1.82) is 0 Å². The number of rotatable bonds is 3. The second kappa shape index (κ2) is 6.64. The Morgan fingerprint density at radius 1 is 1.27 bits per heavy atom. The van der Waals surface area contributed by atoms with E-state index in [4.69, 9.17) is 19.2 Å². The average molecular weight is 417 g/mol. The highest BCUT2D eigenvalue weighted by Crippen LogP contribution is 2.36. The number of carbonyl (C=O) groups is 1. The predicted molar refractivity (Wildman–Crippen MR) is 101 cm³/mol. The van der Waals surface area contributed by atoms with Gasteiger partial charge in [-0.15, -0.1) is 0 Å². The molecule has 0 saturated carbocycles. The van der Waals surface area contributed by atoms with Crippen LogP contribution in [0.4, 0.5) is 0 Å². The van der Waals surface area contributed by atoms with Gasteiger partial charge in [-0.2, -0.15) is 0 Å². The third kappa shape index (κ3) is 2.72. The smallest absolute Gasteiger partial charge is 0.341 e. The lowest BCUT2D eigenvalue weighted by atomic mass is 10.1. The van der Waals surface area contributed by atoms with Crippen LogP contribution in [0.3, 0.4) is 0 Å². The molecule has 2 heterocycles. The van der Waals surface area contributed by atoms with Gasteiger partial charge in [0, 0.05) is 16.6 Å². The van der Waals surface area contributed by atoms with Gasteiger partial charge in [-0.3, -0.25) is 0 Å². The molecule has 3 aromatic rings. The summed E-state index contributed by atoms with van der Waals surface area (Å²) < 4.78 is 19.1. The number of carbonyl (C=O) groups excluding carboxylic acids is 1. The van der Waals surface area contributed by atoms with E-state index in [1.165, 1.54) is 14.2 Å². The van der Waals surface area contributed by atoms with Gasteiger partial charge in [0.05, 0.1) is 26.3 Å². The third-order valence-electron chi connectivity index (χ3n) is 4.42. The monoisotopic (exact) mass is 416 g/mol.